The first kappa shape index (κ1) is 12.1. The molecule has 0 aliphatic carbocycles. The van der Waals surface area contributed by atoms with Crippen molar-refractivity contribution in [2.75, 3.05) is 6.54 Å². The highest BCUT2D eigenvalue weighted by molar-refractivity contribution is 5.99. The molecule has 0 saturated heterocycles. The fourth-order valence-electron chi connectivity index (χ4n) is 2.07. The maximum atomic E-state index is 12.2. The third-order valence-electron chi connectivity index (χ3n) is 2.95. The minimum Gasteiger partial charge on any atom is -0.479 e. The molecule has 1 aliphatic heterocycles. The van der Waals surface area contributed by atoms with Crippen molar-refractivity contribution in [3.63, 3.8) is 0 Å². The highest BCUT2D eigenvalue weighted by atomic mass is 16.4. The van der Waals surface area contributed by atoms with Crippen molar-refractivity contribution in [1.29, 1.82) is 0 Å². The van der Waals surface area contributed by atoms with E-state index in [2.05, 4.69) is 0 Å². The fourth-order valence-corrected chi connectivity index (χ4v) is 2.07. The molecule has 1 amide bonds. The van der Waals surface area contributed by atoms with E-state index in [1.807, 2.05) is 12.1 Å². The Morgan fingerprint density at radius 2 is 2.17 bits per heavy atom. The summed E-state index contributed by atoms with van der Waals surface area (Å²) < 4.78 is 0. The van der Waals surface area contributed by atoms with Gasteiger partial charge in [-0.15, -0.1) is 0 Å². The normalized spacial score (nSPS) is 15.6. The summed E-state index contributed by atoms with van der Waals surface area (Å²) in [5, 5.41) is 9.02. The van der Waals surface area contributed by atoms with Crippen LogP contribution in [0.15, 0.2) is 30.3 Å². The standard InChI is InChI=1S/C13H11NO4/c15-8-6-11(13(17)18)14-7-5-9-3-1-2-4-10(9)12(14)16/h1-4,6,11H,5,7H2,(H,17,18). The van der Waals surface area contributed by atoms with Crippen molar-refractivity contribution in [1.82, 2.24) is 4.90 Å². The van der Waals surface area contributed by atoms with Crippen molar-refractivity contribution in [3.05, 3.63) is 41.5 Å². The lowest BCUT2D eigenvalue weighted by Gasteiger charge is -2.31. The molecule has 0 saturated carbocycles. The maximum absolute atomic E-state index is 12.2. The molecule has 1 aromatic carbocycles. The number of rotatable bonds is 3. The van der Waals surface area contributed by atoms with Gasteiger partial charge in [-0.05, 0) is 18.1 Å². The topological polar surface area (TPSA) is 74.7 Å². The SMILES string of the molecule is O=C=CC(C(=O)O)N1CCc2ccccc2C1=O. The summed E-state index contributed by atoms with van der Waals surface area (Å²) in [6.45, 7) is 0.283. The molecule has 2 rings (SSSR count). The van der Waals surface area contributed by atoms with Crippen molar-refractivity contribution >= 4 is 17.8 Å². The second-order valence-electron chi connectivity index (χ2n) is 3.97. The van der Waals surface area contributed by atoms with E-state index in [1.54, 1.807) is 12.1 Å². The zero-order valence-corrected chi connectivity index (χ0v) is 9.50. The molecule has 1 heterocycles. The van der Waals surface area contributed by atoms with Crippen LogP contribution < -0.4 is 0 Å². The van der Waals surface area contributed by atoms with Crippen LogP contribution in [0, 0.1) is 0 Å². The molecular weight excluding hydrogens is 234 g/mol. The average Bonchev–Trinajstić information content (AvgIpc) is 2.37. The first-order valence-electron chi connectivity index (χ1n) is 5.48. The first-order valence-corrected chi connectivity index (χ1v) is 5.48. The molecule has 1 aliphatic rings. The number of aliphatic carboxylic acids is 1. The largest absolute Gasteiger partial charge is 0.479 e. The Bertz CT molecular complexity index is 544. The van der Waals surface area contributed by atoms with Crippen molar-refractivity contribution < 1.29 is 19.5 Å². The monoisotopic (exact) mass is 245 g/mol. The van der Waals surface area contributed by atoms with Gasteiger partial charge in [-0.3, -0.25) is 4.79 Å². The summed E-state index contributed by atoms with van der Waals surface area (Å²) in [5.74, 6) is -0.154. The molecule has 92 valence electrons. The molecule has 1 unspecified atom stereocenters. The Morgan fingerprint density at radius 3 is 2.83 bits per heavy atom. The van der Waals surface area contributed by atoms with Crippen LogP contribution in [0.25, 0.3) is 0 Å². The molecule has 5 nitrogen and oxygen atoms in total. The number of benzene rings is 1. The second-order valence-corrected chi connectivity index (χ2v) is 3.97. The van der Waals surface area contributed by atoms with Gasteiger partial charge in [-0.25, -0.2) is 9.59 Å². The van der Waals surface area contributed by atoms with E-state index >= 15 is 0 Å². The molecule has 1 atom stereocenters. The van der Waals surface area contributed by atoms with Gasteiger partial charge < -0.3 is 10.0 Å². The van der Waals surface area contributed by atoms with Gasteiger partial charge in [0.05, 0.1) is 0 Å². The van der Waals surface area contributed by atoms with Gasteiger partial charge in [-0.2, -0.15) is 0 Å². The molecule has 18 heavy (non-hydrogen) atoms. The Balaban J connectivity index is 2.36. The minimum atomic E-state index is -1.25. The predicted octanol–water partition coefficient (Wildman–Crippen LogP) is 0.526. The number of amides is 1. The quantitative estimate of drug-likeness (QED) is 0.788. The summed E-state index contributed by atoms with van der Waals surface area (Å²) in [6.07, 6.45) is 1.44. The highest BCUT2D eigenvalue weighted by Gasteiger charge is 2.32. The molecule has 0 spiro atoms. The molecular formula is C13H11NO4. The van der Waals surface area contributed by atoms with Crippen molar-refractivity contribution in [2.45, 2.75) is 12.5 Å². The zero-order valence-electron chi connectivity index (χ0n) is 9.50. The molecule has 1 N–H and O–H groups in total. The van der Waals surface area contributed by atoms with Crippen LogP contribution in [0.1, 0.15) is 15.9 Å². The number of nitrogens with zero attached hydrogens (tertiary/aromatic N) is 1. The number of carbonyl (C=O) groups is 2. The van der Waals surface area contributed by atoms with Crippen LogP contribution in [-0.4, -0.2) is 40.4 Å². The molecule has 0 aromatic heterocycles. The molecule has 5 heteroatoms. The maximum Gasteiger partial charge on any atom is 0.331 e. The molecule has 0 radical (unpaired) electrons. The van der Waals surface area contributed by atoms with Crippen LogP contribution in [0.4, 0.5) is 0 Å². The van der Waals surface area contributed by atoms with Crippen molar-refractivity contribution in [2.24, 2.45) is 0 Å². The van der Waals surface area contributed by atoms with E-state index in [1.165, 1.54) is 10.8 Å². The van der Waals surface area contributed by atoms with Gasteiger partial charge in [0.2, 0.25) is 0 Å². The lowest BCUT2D eigenvalue weighted by atomic mass is 9.98. The van der Waals surface area contributed by atoms with Crippen LogP contribution in [-0.2, 0) is 16.0 Å². The second kappa shape index (κ2) is 4.85. The van der Waals surface area contributed by atoms with Crippen molar-refractivity contribution in [3.8, 4) is 0 Å². The Hall–Kier alpha value is -2.39. The van der Waals surface area contributed by atoms with E-state index in [0.717, 1.165) is 11.6 Å². The van der Waals surface area contributed by atoms with E-state index in [9.17, 15) is 14.4 Å². The van der Waals surface area contributed by atoms with Gasteiger partial charge >= 0.3 is 5.97 Å². The van der Waals surface area contributed by atoms with Gasteiger partial charge in [0.1, 0.15) is 5.94 Å². The lowest BCUT2D eigenvalue weighted by Crippen LogP contribution is -2.47. The Morgan fingerprint density at radius 1 is 1.44 bits per heavy atom. The number of hydrogen-bond donors (Lipinski definition) is 1. The van der Waals surface area contributed by atoms with E-state index in [0.29, 0.717) is 12.0 Å². The third-order valence-corrected chi connectivity index (χ3v) is 2.95. The number of fused-ring (bicyclic) bond motifs is 1. The van der Waals surface area contributed by atoms with Gasteiger partial charge in [0.15, 0.2) is 6.04 Å². The van der Waals surface area contributed by atoms with Crippen LogP contribution >= 0.6 is 0 Å². The number of carboxylic acid groups (broad SMARTS) is 1. The lowest BCUT2D eigenvalue weighted by molar-refractivity contribution is -0.140. The average molecular weight is 245 g/mol. The fraction of sp³-hybridized carbons (Fsp3) is 0.231. The van der Waals surface area contributed by atoms with Gasteiger partial charge in [0.25, 0.3) is 5.91 Å². The number of carbonyl (C=O) groups excluding carboxylic acids is 2. The zero-order chi connectivity index (χ0) is 13.1. The molecule has 1 aromatic rings. The number of carboxylic acids is 1. The molecule has 0 bridgehead atoms. The summed E-state index contributed by atoms with van der Waals surface area (Å²) >= 11 is 0. The van der Waals surface area contributed by atoms with Crippen LogP contribution in [0.5, 0.6) is 0 Å². The van der Waals surface area contributed by atoms with Crippen LogP contribution in [0.3, 0.4) is 0 Å². The van der Waals surface area contributed by atoms with Gasteiger partial charge in [-0.1, -0.05) is 18.2 Å². The van der Waals surface area contributed by atoms with E-state index in [-0.39, 0.29) is 12.5 Å². The van der Waals surface area contributed by atoms with E-state index in [4.69, 9.17) is 5.11 Å². The summed E-state index contributed by atoms with van der Waals surface area (Å²) in [5.41, 5.74) is 1.40. The Kier molecular flexibility index (Phi) is 3.26. The first-order chi connectivity index (χ1) is 8.65. The summed E-state index contributed by atoms with van der Waals surface area (Å²) in [7, 11) is 0. The summed E-state index contributed by atoms with van der Waals surface area (Å²) in [6, 6.07) is 5.82. The highest BCUT2D eigenvalue weighted by Crippen LogP contribution is 2.20. The van der Waals surface area contributed by atoms with Crippen LogP contribution in [0.2, 0.25) is 0 Å². The summed E-state index contributed by atoms with van der Waals surface area (Å²) in [4.78, 5) is 34.7. The molecule has 0 fully saturated rings. The minimum absolute atomic E-state index is 0.283. The van der Waals surface area contributed by atoms with E-state index < -0.39 is 12.0 Å². The van der Waals surface area contributed by atoms with Gasteiger partial charge in [0, 0.05) is 18.2 Å². The number of hydrogen-bond acceptors (Lipinski definition) is 3. The predicted molar refractivity (Wildman–Crippen MR) is 62.9 cm³/mol. The third kappa shape index (κ3) is 2.04. The smallest absolute Gasteiger partial charge is 0.331 e. The Labute approximate surface area is 103 Å².